The Hall–Kier alpha value is -2.44. The van der Waals surface area contributed by atoms with Crippen molar-refractivity contribution in [2.24, 2.45) is 17.6 Å². The zero-order valence-corrected chi connectivity index (χ0v) is 22.7. The molecule has 0 aliphatic carbocycles. The molecule has 0 aromatic heterocycles. The molecule has 37 heavy (non-hydrogen) atoms. The van der Waals surface area contributed by atoms with Gasteiger partial charge in [0.25, 0.3) is 0 Å². The number of fused-ring (bicyclic) bond motifs is 4. The number of nitrogens with two attached hydrogens (primary N) is 1. The topological polar surface area (TPSA) is 87.9 Å². The lowest BCUT2D eigenvalue weighted by Gasteiger charge is -2.37. The molecule has 3 rings (SSSR count). The third-order valence-corrected chi connectivity index (χ3v) is 7.38. The molecule has 2 saturated heterocycles. The Balaban J connectivity index is 1.75. The van der Waals surface area contributed by atoms with E-state index >= 15 is 0 Å². The summed E-state index contributed by atoms with van der Waals surface area (Å²) >= 11 is 0. The van der Waals surface area contributed by atoms with Crippen molar-refractivity contribution in [2.75, 3.05) is 0 Å². The van der Waals surface area contributed by atoms with Gasteiger partial charge in [-0.3, -0.25) is 9.59 Å². The maximum absolute atomic E-state index is 13.0. The Bertz CT molecular complexity index is 901. The molecule has 7 unspecified atom stereocenters. The minimum Gasteiger partial charge on any atom is -0.457 e. The second-order valence-electron chi connectivity index (χ2n) is 10.8. The zero-order valence-electron chi connectivity index (χ0n) is 22.7. The van der Waals surface area contributed by atoms with Gasteiger partial charge in [-0.2, -0.15) is 0 Å². The summed E-state index contributed by atoms with van der Waals surface area (Å²) in [5.74, 6) is -0.215. The lowest BCUT2D eigenvalue weighted by molar-refractivity contribution is -0.154. The molecule has 2 fully saturated rings. The van der Waals surface area contributed by atoms with Crippen molar-refractivity contribution in [1.82, 2.24) is 0 Å². The average Bonchev–Trinajstić information content (AvgIpc) is 2.85. The molecule has 6 nitrogen and oxygen atoms in total. The highest BCUT2D eigenvalue weighted by atomic mass is 16.5. The van der Waals surface area contributed by atoms with Crippen molar-refractivity contribution in [3.63, 3.8) is 0 Å². The van der Waals surface area contributed by atoms with E-state index < -0.39 is 0 Å². The Morgan fingerprint density at radius 3 is 2.41 bits per heavy atom. The van der Waals surface area contributed by atoms with Crippen LogP contribution in [0.15, 0.2) is 60.3 Å². The van der Waals surface area contributed by atoms with Crippen LogP contribution in [0, 0.1) is 11.8 Å². The summed E-state index contributed by atoms with van der Waals surface area (Å²) in [6, 6.07) is 0. The van der Waals surface area contributed by atoms with E-state index in [4.69, 9.17) is 19.9 Å². The first-order valence-corrected chi connectivity index (χ1v) is 13.9. The number of hydrogen-bond acceptors (Lipinski definition) is 5. The first kappa shape index (κ1) is 29.1. The van der Waals surface area contributed by atoms with Crippen LogP contribution >= 0.6 is 0 Å². The van der Waals surface area contributed by atoms with Crippen LogP contribution in [0.4, 0.5) is 0 Å². The second kappa shape index (κ2) is 15.1. The summed E-state index contributed by atoms with van der Waals surface area (Å²) in [7, 11) is 0. The quantitative estimate of drug-likeness (QED) is 0.283. The van der Waals surface area contributed by atoms with E-state index in [0.717, 1.165) is 38.5 Å². The first-order chi connectivity index (χ1) is 17.8. The molecule has 0 radical (unpaired) electrons. The number of amides is 1. The Labute approximate surface area is 222 Å². The fourth-order valence-corrected chi connectivity index (χ4v) is 5.39. The third-order valence-electron chi connectivity index (χ3n) is 7.38. The van der Waals surface area contributed by atoms with Gasteiger partial charge in [0.05, 0.1) is 30.8 Å². The molecule has 3 aliphatic rings. The predicted molar refractivity (Wildman–Crippen MR) is 147 cm³/mol. The van der Waals surface area contributed by atoms with E-state index in [9.17, 15) is 9.59 Å². The number of ether oxygens (including phenoxy) is 3. The zero-order chi connectivity index (χ0) is 26.6. The van der Waals surface area contributed by atoms with Gasteiger partial charge in [-0.15, -0.1) is 0 Å². The number of cyclic esters (lactones) is 1. The molecule has 4 bridgehead atoms. The Morgan fingerprint density at radius 1 is 0.946 bits per heavy atom. The van der Waals surface area contributed by atoms with E-state index in [0.29, 0.717) is 5.92 Å². The van der Waals surface area contributed by atoms with Crippen molar-refractivity contribution in [1.29, 1.82) is 0 Å². The summed E-state index contributed by atoms with van der Waals surface area (Å²) in [4.78, 5) is 23.9. The molecule has 3 heterocycles. The highest BCUT2D eigenvalue weighted by Crippen LogP contribution is 2.33. The highest BCUT2D eigenvalue weighted by Gasteiger charge is 2.32. The van der Waals surface area contributed by atoms with Gasteiger partial charge in [0.1, 0.15) is 6.10 Å². The Morgan fingerprint density at radius 2 is 1.65 bits per heavy atom. The predicted octanol–water partition coefficient (Wildman–Crippen LogP) is 5.89. The summed E-state index contributed by atoms with van der Waals surface area (Å²) in [5, 5.41) is 0. The SMILES string of the molecule is CC=C1CC2CC(=O)OC(C=CC=CC=CCC(N)=O)C(C)C=CC(C)CC3CCCC(CC(C1)O2)O3. The summed E-state index contributed by atoms with van der Waals surface area (Å²) < 4.78 is 18.9. The average molecular weight is 512 g/mol. The maximum atomic E-state index is 13.0. The third kappa shape index (κ3) is 10.4. The van der Waals surface area contributed by atoms with E-state index in [1.165, 1.54) is 12.0 Å². The Kier molecular flexibility index (Phi) is 11.9. The van der Waals surface area contributed by atoms with E-state index in [-0.39, 0.29) is 61.2 Å². The van der Waals surface area contributed by atoms with Crippen LogP contribution in [0.5, 0.6) is 0 Å². The summed E-state index contributed by atoms with van der Waals surface area (Å²) in [5.41, 5.74) is 6.49. The van der Waals surface area contributed by atoms with Crippen LogP contribution < -0.4 is 5.73 Å². The van der Waals surface area contributed by atoms with Crippen LogP contribution in [-0.4, -0.2) is 42.4 Å². The van der Waals surface area contributed by atoms with Crippen LogP contribution in [-0.2, 0) is 23.8 Å². The summed E-state index contributed by atoms with van der Waals surface area (Å²) in [6.45, 7) is 6.37. The van der Waals surface area contributed by atoms with Crippen molar-refractivity contribution in [2.45, 2.75) is 109 Å². The number of hydrogen-bond donors (Lipinski definition) is 1. The fourth-order valence-electron chi connectivity index (χ4n) is 5.39. The van der Waals surface area contributed by atoms with Crippen LogP contribution in [0.1, 0.15) is 78.6 Å². The molecule has 3 aliphatic heterocycles. The first-order valence-electron chi connectivity index (χ1n) is 13.9. The molecule has 204 valence electrons. The number of esters is 1. The molecular formula is C31H45NO5. The smallest absolute Gasteiger partial charge is 0.309 e. The van der Waals surface area contributed by atoms with Crippen LogP contribution in [0.2, 0.25) is 0 Å². The normalized spacial score (nSPS) is 35.4. The van der Waals surface area contributed by atoms with Gasteiger partial charge < -0.3 is 19.9 Å². The van der Waals surface area contributed by atoms with E-state index in [1.54, 1.807) is 12.2 Å². The monoisotopic (exact) mass is 511 g/mol. The standard InChI is InChI=1S/C31H45NO5/c1-4-24-18-27-20-26-12-10-11-25(35-26)17-22(2)15-16-23(3)29(37-31(34)21-28(19-24)36-27)13-8-6-5-7-9-14-30(32)33/h4-9,13,15-16,22-23,25-29H,10-12,14,17-21H2,1-3H3,(H2,32,33). The number of rotatable bonds is 5. The lowest BCUT2D eigenvalue weighted by Crippen LogP contribution is -2.37. The molecule has 0 aromatic rings. The molecule has 2 N–H and O–H groups in total. The molecule has 0 spiro atoms. The van der Waals surface area contributed by atoms with Gasteiger partial charge in [-0.1, -0.05) is 68.0 Å². The molecule has 0 saturated carbocycles. The number of allylic oxidation sites excluding steroid dienone is 6. The molecule has 1 amide bonds. The highest BCUT2D eigenvalue weighted by molar-refractivity contribution is 5.75. The van der Waals surface area contributed by atoms with Gasteiger partial charge in [-0.25, -0.2) is 0 Å². The van der Waals surface area contributed by atoms with Gasteiger partial charge >= 0.3 is 5.97 Å². The van der Waals surface area contributed by atoms with Gasteiger partial charge in [0.15, 0.2) is 0 Å². The van der Waals surface area contributed by atoms with E-state index in [1.807, 2.05) is 24.3 Å². The largest absolute Gasteiger partial charge is 0.457 e. The minimum atomic E-state index is -0.390. The molecule has 0 aromatic carbocycles. The number of primary amides is 1. The van der Waals surface area contributed by atoms with Gasteiger partial charge in [-0.05, 0) is 57.4 Å². The second-order valence-corrected chi connectivity index (χ2v) is 10.8. The van der Waals surface area contributed by atoms with Crippen molar-refractivity contribution >= 4 is 11.9 Å². The van der Waals surface area contributed by atoms with Crippen molar-refractivity contribution in [3.8, 4) is 0 Å². The van der Waals surface area contributed by atoms with Gasteiger partial charge in [0, 0.05) is 18.8 Å². The minimum absolute atomic E-state index is 0.0144. The van der Waals surface area contributed by atoms with Crippen molar-refractivity contribution in [3.05, 3.63) is 60.3 Å². The maximum Gasteiger partial charge on any atom is 0.309 e. The van der Waals surface area contributed by atoms with Crippen molar-refractivity contribution < 1.29 is 23.8 Å². The lowest BCUT2D eigenvalue weighted by atomic mass is 9.90. The number of carbonyl (C=O) groups excluding carboxylic acids is 2. The van der Waals surface area contributed by atoms with Gasteiger partial charge in [0.2, 0.25) is 5.91 Å². The van der Waals surface area contributed by atoms with Crippen LogP contribution in [0.25, 0.3) is 0 Å². The summed E-state index contributed by atoms with van der Waals surface area (Å²) in [6.07, 6.45) is 24.9. The molecular weight excluding hydrogens is 466 g/mol. The fraction of sp³-hybridized carbons (Fsp3) is 0.613. The molecule has 7 atom stereocenters. The van der Waals surface area contributed by atoms with Crippen LogP contribution in [0.3, 0.4) is 0 Å². The molecule has 6 heteroatoms. The van der Waals surface area contributed by atoms with E-state index in [2.05, 4.69) is 39.0 Å². The number of carbonyl (C=O) groups is 2.